The van der Waals surface area contributed by atoms with Gasteiger partial charge in [-0.25, -0.2) is 0 Å². The van der Waals surface area contributed by atoms with Gasteiger partial charge in [0.1, 0.15) is 8.07 Å². The molecule has 0 aliphatic carbocycles. The summed E-state index contributed by atoms with van der Waals surface area (Å²) in [5.41, 5.74) is 0.572. The van der Waals surface area contributed by atoms with Crippen molar-refractivity contribution in [3.05, 3.63) is 60.7 Å². The maximum atomic E-state index is 2.52. The van der Waals surface area contributed by atoms with Gasteiger partial charge < -0.3 is 4.90 Å². The number of rotatable bonds is 5. The van der Waals surface area contributed by atoms with E-state index >= 15 is 0 Å². The van der Waals surface area contributed by atoms with Crippen LogP contribution in [0.5, 0.6) is 0 Å². The van der Waals surface area contributed by atoms with Gasteiger partial charge in [0.2, 0.25) is 0 Å². The molecule has 0 saturated carbocycles. The van der Waals surface area contributed by atoms with E-state index in [2.05, 4.69) is 100 Å². The highest BCUT2D eigenvalue weighted by atomic mass is 28.3. The molecule has 0 bridgehead atoms. The lowest BCUT2D eigenvalue weighted by Crippen LogP contribution is -2.69. The van der Waals surface area contributed by atoms with Crippen LogP contribution in [-0.2, 0) is 0 Å². The molecule has 2 aromatic carbocycles. The predicted molar refractivity (Wildman–Crippen MR) is 96.1 cm³/mol. The maximum Gasteiger partial charge on any atom is 0.132 e. The molecular formula is C19H27NSi. The summed E-state index contributed by atoms with van der Waals surface area (Å²) >= 11 is 0. The quantitative estimate of drug-likeness (QED) is 0.767. The Labute approximate surface area is 130 Å². The first-order valence-electron chi connectivity index (χ1n) is 7.75. The molecule has 2 aromatic rings. The van der Waals surface area contributed by atoms with E-state index in [0.717, 1.165) is 0 Å². The van der Waals surface area contributed by atoms with Gasteiger partial charge in [-0.3, -0.25) is 0 Å². The van der Waals surface area contributed by atoms with Crippen LogP contribution in [0.3, 0.4) is 0 Å². The van der Waals surface area contributed by atoms with E-state index in [9.17, 15) is 0 Å². The van der Waals surface area contributed by atoms with Crippen LogP contribution in [0, 0.1) is 5.92 Å². The van der Waals surface area contributed by atoms with Crippen molar-refractivity contribution in [3.8, 4) is 0 Å². The highest BCUT2D eigenvalue weighted by Gasteiger charge is 2.42. The lowest BCUT2D eigenvalue weighted by Gasteiger charge is -2.43. The Morgan fingerprint density at radius 1 is 0.762 bits per heavy atom. The first-order chi connectivity index (χ1) is 9.98. The summed E-state index contributed by atoms with van der Waals surface area (Å²) in [6, 6.07) is 22.2. The van der Waals surface area contributed by atoms with E-state index in [1.165, 1.54) is 10.4 Å². The number of nitrogens with zero attached hydrogens (tertiary/aromatic N) is 1. The molecule has 0 radical (unpaired) electrons. The predicted octanol–water partition coefficient (Wildman–Crippen LogP) is 3.00. The number of hydrogen-bond acceptors (Lipinski definition) is 1. The molecule has 0 N–H and O–H groups in total. The number of benzene rings is 2. The van der Waals surface area contributed by atoms with E-state index in [4.69, 9.17) is 0 Å². The largest absolute Gasteiger partial charge is 0.308 e. The standard InChI is InChI=1S/C19H27NSi/c1-16(2)19(20(3)4)21(5,17-12-8-6-9-13-17)18-14-10-7-11-15-18/h6-16,19H,1-5H3. The summed E-state index contributed by atoms with van der Waals surface area (Å²) in [6.07, 6.45) is 0. The van der Waals surface area contributed by atoms with Gasteiger partial charge in [0.25, 0.3) is 0 Å². The lowest BCUT2D eigenvalue weighted by molar-refractivity contribution is 0.303. The first kappa shape index (κ1) is 16.0. The summed E-state index contributed by atoms with van der Waals surface area (Å²) in [4.78, 5) is 2.43. The van der Waals surface area contributed by atoms with Crippen molar-refractivity contribution in [1.29, 1.82) is 0 Å². The Kier molecular flexibility index (Phi) is 5.02. The summed E-state index contributed by atoms with van der Waals surface area (Å²) in [5, 5.41) is 3.03. The van der Waals surface area contributed by atoms with Crippen LogP contribution in [0.4, 0.5) is 0 Å². The van der Waals surface area contributed by atoms with Gasteiger partial charge in [-0.15, -0.1) is 0 Å². The third-order valence-electron chi connectivity index (χ3n) is 4.53. The normalized spacial score (nSPS) is 13.7. The summed E-state index contributed by atoms with van der Waals surface area (Å²) in [7, 11) is 2.62. The molecule has 1 nitrogen and oxygen atoms in total. The van der Waals surface area contributed by atoms with Gasteiger partial charge >= 0.3 is 0 Å². The van der Waals surface area contributed by atoms with E-state index in [1.54, 1.807) is 0 Å². The second-order valence-electron chi connectivity index (χ2n) is 6.59. The minimum absolute atomic E-state index is 0.572. The Balaban J connectivity index is 2.65. The fourth-order valence-corrected chi connectivity index (χ4v) is 9.01. The highest BCUT2D eigenvalue weighted by molar-refractivity contribution is 7.02. The molecule has 0 aliphatic heterocycles. The zero-order valence-corrected chi connectivity index (χ0v) is 14.9. The van der Waals surface area contributed by atoms with Gasteiger partial charge in [-0.1, -0.05) is 91.4 Å². The Morgan fingerprint density at radius 2 is 1.14 bits per heavy atom. The molecule has 0 heterocycles. The van der Waals surface area contributed by atoms with Crippen molar-refractivity contribution < 1.29 is 0 Å². The topological polar surface area (TPSA) is 3.24 Å². The Morgan fingerprint density at radius 3 is 1.43 bits per heavy atom. The van der Waals surface area contributed by atoms with E-state index < -0.39 is 8.07 Å². The van der Waals surface area contributed by atoms with Gasteiger partial charge in [-0.05, 0) is 20.0 Å². The third kappa shape index (κ3) is 3.12. The van der Waals surface area contributed by atoms with Gasteiger partial charge in [0.15, 0.2) is 0 Å². The molecule has 21 heavy (non-hydrogen) atoms. The van der Waals surface area contributed by atoms with Crippen molar-refractivity contribution in [2.45, 2.75) is 26.1 Å². The van der Waals surface area contributed by atoms with Crippen LogP contribution >= 0.6 is 0 Å². The fraction of sp³-hybridized carbons (Fsp3) is 0.368. The SMILES string of the molecule is CC(C)C(N(C)C)[Si](C)(c1ccccc1)c1ccccc1. The second kappa shape index (κ2) is 6.59. The molecule has 0 aliphatic rings. The van der Waals surface area contributed by atoms with Crippen molar-refractivity contribution in [2.75, 3.05) is 14.1 Å². The van der Waals surface area contributed by atoms with E-state index in [0.29, 0.717) is 11.6 Å². The molecule has 0 fully saturated rings. The molecule has 0 spiro atoms. The molecule has 1 atom stereocenters. The molecule has 2 heteroatoms. The average Bonchev–Trinajstić information content (AvgIpc) is 2.48. The monoisotopic (exact) mass is 297 g/mol. The van der Waals surface area contributed by atoms with Gasteiger partial charge in [-0.2, -0.15) is 0 Å². The van der Waals surface area contributed by atoms with Crippen LogP contribution in [0.15, 0.2) is 60.7 Å². The average molecular weight is 298 g/mol. The zero-order chi connectivity index (χ0) is 15.5. The summed E-state index contributed by atoms with van der Waals surface area (Å²) in [6.45, 7) is 7.21. The Bertz CT molecular complexity index is 501. The van der Waals surface area contributed by atoms with Gasteiger partial charge in [0.05, 0.1) is 0 Å². The minimum Gasteiger partial charge on any atom is -0.308 e. The minimum atomic E-state index is -1.83. The van der Waals surface area contributed by atoms with Crippen molar-refractivity contribution in [2.24, 2.45) is 5.92 Å². The number of hydrogen-bond donors (Lipinski definition) is 0. The highest BCUT2D eigenvalue weighted by Crippen LogP contribution is 2.21. The molecular weight excluding hydrogens is 270 g/mol. The van der Waals surface area contributed by atoms with E-state index in [1.807, 2.05) is 0 Å². The third-order valence-corrected chi connectivity index (χ3v) is 9.96. The van der Waals surface area contributed by atoms with Crippen LogP contribution in [0.25, 0.3) is 0 Å². The van der Waals surface area contributed by atoms with Gasteiger partial charge in [0, 0.05) is 5.67 Å². The maximum absolute atomic E-state index is 2.52. The van der Waals surface area contributed by atoms with Crippen LogP contribution < -0.4 is 10.4 Å². The van der Waals surface area contributed by atoms with Crippen LogP contribution in [0.1, 0.15) is 13.8 Å². The molecule has 0 aromatic heterocycles. The molecule has 0 saturated heterocycles. The smallest absolute Gasteiger partial charge is 0.132 e. The summed E-state index contributed by atoms with van der Waals surface area (Å²) < 4.78 is 0. The molecule has 112 valence electrons. The Hall–Kier alpha value is -1.38. The fourth-order valence-electron chi connectivity index (χ4n) is 3.86. The summed E-state index contributed by atoms with van der Waals surface area (Å²) in [5.74, 6) is 0.622. The zero-order valence-electron chi connectivity index (χ0n) is 13.9. The van der Waals surface area contributed by atoms with Crippen molar-refractivity contribution in [1.82, 2.24) is 4.90 Å². The molecule has 1 unspecified atom stereocenters. The first-order valence-corrected chi connectivity index (χ1v) is 10.3. The molecule has 2 rings (SSSR count). The van der Waals surface area contributed by atoms with Crippen molar-refractivity contribution in [3.63, 3.8) is 0 Å². The van der Waals surface area contributed by atoms with E-state index in [-0.39, 0.29) is 0 Å². The van der Waals surface area contributed by atoms with Crippen molar-refractivity contribution >= 4 is 18.4 Å². The van der Waals surface area contributed by atoms with Crippen LogP contribution in [0.2, 0.25) is 6.55 Å². The molecule has 0 amide bonds. The second-order valence-corrected chi connectivity index (χ2v) is 10.7. The lowest BCUT2D eigenvalue weighted by atomic mass is 10.2. The van der Waals surface area contributed by atoms with Crippen LogP contribution in [-0.4, -0.2) is 32.7 Å².